The smallest absolute Gasteiger partial charge is 0.196 e. The second-order valence-corrected chi connectivity index (χ2v) is 3.37. The monoisotopic (exact) mass is 190 g/mol. The summed E-state index contributed by atoms with van der Waals surface area (Å²) < 4.78 is 16.3. The van der Waals surface area contributed by atoms with E-state index in [9.17, 15) is 0 Å². The van der Waals surface area contributed by atoms with Crippen LogP contribution in [0.1, 0.15) is 6.42 Å². The number of hydrogen-bond acceptors (Lipinski definition) is 3. The van der Waals surface area contributed by atoms with Gasteiger partial charge in [-0.1, -0.05) is 6.08 Å². The molecule has 0 spiro atoms. The summed E-state index contributed by atoms with van der Waals surface area (Å²) in [6, 6.07) is 0. The Bertz CT molecular complexity index is 363. The van der Waals surface area contributed by atoms with Gasteiger partial charge in [0.1, 0.15) is 12.5 Å². The number of fused-ring (bicyclic) bond motifs is 2. The largest absolute Gasteiger partial charge is 0.486 e. The molecule has 14 heavy (non-hydrogen) atoms. The molecule has 0 aromatic carbocycles. The Morgan fingerprint density at radius 1 is 1.14 bits per heavy atom. The van der Waals surface area contributed by atoms with Crippen LogP contribution >= 0.6 is 0 Å². The molecule has 2 atom stereocenters. The fraction of sp³-hybridized carbons (Fsp3) is 0.273. The van der Waals surface area contributed by atoms with Crippen LogP contribution in [0.15, 0.2) is 48.3 Å². The van der Waals surface area contributed by atoms with Gasteiger partial charge in [0.25, 0.3) is 0 Å². The van der Waals surface area contributed by atoms with Crippen molar-refractivity contribution in [1.29, 1.82) is 0 Å². The molecule has 2 unspecified atom stereocenters. The molecule has 72 valence electrons. The maximum atomic E-state index is 5.48. The quantitative estimate of drug-likeness (QED) is 0.584. The lowest BCUT2D eigenvalue weighted by atomic mass is 9.96. The van der Waals surface area contributed by atoms with Crippen molar-refractivity contribution < 1.29 is 14.2 Å². The van der Waals surface area contributed by atoms with Crippen LogP contribution in [0.2, 0.25) is 0 Å². The summed E-state index contributed by atoms with van der Waals surface area (Å²) in [6.07, 6.45) is 11.6. The van der Waals surface area contributed by atoms with Crippen LogP contribution in [0.5, 0.6) is 0 Å². The normalized spacial score (nSPS) is 32.6. The first-order chi connectivity index (χ1) is 6.95. The highest BCUT2D eigenvalue weighted by Crippen LogP contribution is 2.31. The molecule has 0 fully saturated rings. The molecular weight excluding hydrogens is 180 g/mol. The van der Waals surface area contributed by atoms with Crippen molar-refractivity contribution in [3.05, 3.63) is 48.3 Å². The zero-order chi connectivity index (χ0) is 9.38. The van der Waals surface area contributed by atoms with E-state index in [4.69, 9.17) is 14.2 Å². The summed E-state index contributed by atoms with van der Waals surface area (Å²) in [5, 5.41) is 0. The molecule has 3 rings (SSSR count). The zero-order valence-electron chi connectivity index (χ0n) is 7.55. The van der Waals surface area contributed by atoms with E-state index >= 15 is 0 Å². The highest BCUT2D eigenvalue weighted by Gasteiger charge is 2.34. The molecule has 0 radical (unpaired) electrons. The molecule has 1 aliphatic carbocycles. The third kappa shape index (κ3) is 1.05. The first kappa shape index (κ1) is 7.74. The zero-order valence-corrected chi connectivity index (χ0v) is 7.55. The van der Waals surface area contributed by atoms with Crippen LogP contribution in [0.3, 0.4) is 0 Å². The minimum Gasteiger partial charge on any atom is -0.486 e. The molecule has 0 saturated heterocycles. The van der Waals surface area contributed by atoms with Crippen molar-refractivity contribution >= 4 is 0 Å². The SMILES string of the molecule is C1=COC2=C(C=CC3OC=COC23)C1. The average Bonchev–Trinajstić information content (AvgIpc) is 2.29. The summed E-state index contributed by atoms with van der Waals surface area (Å²) in [7, 11) is 0. The lowest BCUT2D eigenvalue weighted by Gasteiger charge is -2.32. The summed E-state index contributed by atoms with van der Waals surface area (Å²) in [6.45, 7) is 0. The van der Waals surface area contributed by atoms with Crippen molar-refractivity contribution in [2.75, 3.05) is 0 Å². The lowest BCUT2D eigenvalue weighted by molar-refractivity contribution is -0.0126. The van der Waals surface area contributed by atoms with E-state index in [1.807, 2.05) is 18.2 Å². The second kappa shape index (κ2) is 2.94. The number of hydrogen-bond donors (Lipinski definition) is 0. The Labute approximate surface area is 82.0 Å². The number of allylic oxidation sites excluding steroid dienone is 3. The van der Waals surface area contributed by atoms with Crippen molar-refractivity contribution in [2.24, 2.45) is 0 Å². The topological polar surface area (TPSA) is 27.7 Å². The fourth-order valence-electron chi connectivity index (χ4n) is 1.83. The van der Waals surface area contributed by atoms with Crippen LogP contribution in [0, 0.1) is 0 Å². The van der Waals surface area contributed by atoms with E-state index < -0.39 is 0 Å². The maximum Gasteiger partial charge on any atom is 0.196 e. The van der Waals surface area contributed by atoms with Crippen LogP contribution < -0.4 is 0 Å². The van der Waals surface area contributed by atoms with E-state index in [-0.39, 0.29) is 12.2 Å². The number of rotatable bonds is 0. The minimum absolute atomic E-state index is 0.0507. The predicted octanol–water partition coefficient (Wildman–Crippen LogP) is 2.00. The Morgan fingerprint density at radius 3 is 3.07 bits per heavy atom. The van der Waals surface area contributed by atoms with Crippen molar-refractivity contribution in [3.8, 4) is 0 Å². The highest BCUT2D eigenvalue weighted by molar-refractivity contribution is 5.36. The van der Waals surface area contributed by atoms with Crippen LogP contribution in [-0.2, 0) is 14.2 Å². The summed E-state index contributed by atoms with van der Waals surface area (Å²) >= 11 is 0. The fourth-order valence-corrected chi connectivity index (χ4v) is 1.83. The third-order valence-corrected chi connectivity index (χ3v) is 2.51. The predicted molar refractivity (Wildman–Crippen MR) is 49.9 cm³/mol. The van der Waals surface area contributed by atoms with E-state index in [0.717, 1.165) is 12.2 Å². The maximum absolute atomic E-state index is 5.48. The van der Waals surface area contributed by atoms with Gasteiger partial charge in [0.05, 0.1) is 6.26 Å². The lowest BCUT2D eigenvalue weighted by Crippen LogP contribution is -2.35. The Balaban J connectivity index is 1.96. The summed E-state index contributed by atoms with van der Waals surface area (Å²) in [5.41, 5.74) is 1.17. The van der Waals surface area contributed by atoms with E-state index in [1.54, 1.807) is 18.8 Å². The third-order valence-electron chi connectivity index (χ3n) is 2.51. The van der Waals surface area contributed by atoms with Gasteiger partial charge in [-0.25, -0.2) is 0 Å². The molecule has 0 N–H and O–H groups in total. The molecule has 0 bridgehead atoms. The number of ether oxygens (including phenoxy) is 3. The van der Waals surface area contributed by atoms with Gasteiger partial charge in [-0.3, -0.25) is 0 Å². The van der Waals surface area contributed by atoms with E-state index in [0.29, 0.717) is 0 Å². The van der Waals surface area contributed by atoms with E-state index in [2.05, 4.69) is 0 Å². The van der Waals surface area contributed by atoms with E-state index in [1.165, 1.54) is 5.57 Å². The molecule has 0 amide bonds. The first-order valence-corrected chi connectivity index (χ1v) is 4.64. The van der Waals surface area contributed by atoms with Gasteiger partial charge >= 0.3 is 0 Å². The molecule has 0 aromatic rings. The molecule has 2 heterocycles. The molecule has 3 heteroatoms. The Morgan fingerprint density at radius 2 is 2.07 bits per heavy atom. The van der Waals surface area contributed by atoms with Gasteiger partial charge in [-0.2, -0.15) is 0 Å². The average molecular weight is 190 g/mol. The van der Waals surface area contributed by atoms with Crippen LogP contribution in [-0.4, -0.2) is 12.2 Å². The molecule has 0 aromatic heterocycles. The van der Waals surface area contributed by atoms with Crippen LogP contribution in [0.4, 0.5) is 0 Å². The summed E-state index contributed by atoms with van der Waals surface area (Å²) in [4.78, 5) is 0. The Kier molecular flexibility index (Phi) is 1.63. The molecular formula is C11H10O3. The van der Waals surface area contributed by atoms with Crippen molar-refractivity contribution in [2.45, 2.75) is 18.6 Å². The standard InChI is InChI=1S/C11H10O3/c1-2-8-3-4-9-11(10(8)13-5-1)14-7-6-12-9/h1,3-7,9,11H,2H2. The van der Waals surface area contributed by atoms with Gasteiger partial charge < -0.3 is 14.2 Å². The van der Waals surface area contributed by atoms with Crippen molar-refractivity contribution in [1.82, 2.24) is 0 Å². The minimum atomic E-state index is -0.120. The molecule has 0 saturated carbocycles. The van der Waals surface area contributed by atoms with Gasteiger partial charge in [-0.05, 0) is 24.1 Å². The summed E-state index contributed by atoms with van der Waals surface area (Å²) in [5.74, 6) is 0.879. The van der Waals surface area contributed by atoms with Crippen LogP contribution in [0.25, 0.3) is 0 Å². The van der Waals surface area contributed by atoms with Gasteiger partial charge in [-0.15, -0.1) is 0 Å². The second-order valence-electron chi connectivity index (χ2n) is 3.37. The van der Waals surface area contributed by atoms with Gasteiger partial charge in [0, 0.05) is 0 Å². The van der Waals surface area contributed by atoms with Gasteiger partial charge in [0.2, 0.25) is 0 Å². The first-order valence-electron chi connectivity index (χ1n) is 4.64. The van der Waals surface area contributed by atoms with Gasteiger partial charge in [0.15, 0.2) is 18.0 Å². The molecule has 3 aliphatic rings. The highest BCUT2D eigenvalue weighted by atomic mass is 16.6. The molecule has 3 nitrogen and oxygen atoms in total. The molecule has 2 aliphatic heterocycles. The Hall–Kier alpha value is -1.64. The van der Waals surface area contributed by atoms with Crippen molar-refractivity contribution in [3.63, 3.8) is 0 Å².